The van der Waals surface area contributed by atoms with Crippen LogP contribution in [0.25, 0.3) is 11.5 Å². The lowest BCUT2D eigenvalue weighted by Gasteiger charge is -2.04. The molecule has 0 unspecified atom stereocenters. The number of benzene rings is 1. The molecule has 18 heavy (non-hydrogen) atoms. The maximum Gasteiger partial charge on any atom is 0.226 e. The van der Waals surface area contributed by atoms with Crippen molar-refractivity contribution < 1.29 is 4.42 Å². The molecular weight excluding hydrogens is 224 g/mol. The summed E-state index contributed by atoms with van der Waals surface area (Å²) >= 11 is 0. The topological polar surface area (TPSA) is 38.1 Å². The highest BCUT2D eigenvalue weighted by Crippen LogP contribution is 2.23. The molecule has 0 aliphatic heterocycles. The van der Waals surface area contributed by atoms with Gasteiger partial charge in [-0.2, -0.15) is 0 Å². The Kier molecular flexibility index (Phi) is 3.82. The largest absolute Gasteiger partial charge is 0.444 e. The van der Waals surface area contributed by atoms with E-state index in [1.165, 1.54) is 11.1 Å². The highest BCUT2D eigenvalue weighted by atomic mass is 16.3. The second-order valence-electron chi connectivity index (χ2n) is 5.00. The minimum Gasteiger partial charge on any atom is -0.444 e. The first-order valence-electron chi connectivity index (χ1n) is 6.31. The summed E-state index contributed by atoms with van der Waals surface area (Å²) in [6.07, 6.45) is 1.73. The predicted octanol–water partition coefficient (Wildman–Crippen LogP) is 3.46. The van der Waals surface area contributed by atoms with Gasteiger partial charge in [0.05, 0.1) is 5.69 Å². The molecule has 3 heteroatoms. The fraction of sp³-hybridized carbons (Fsp3) is 0.400. The fourth-order valence-corrected chi connectivity index (χ4v) is 1.87. The summed E-state index contributed by atoms with van der Waals surface area (Å²) in [5.74, 6) is 0.702. The minimum absolute atomic E-state index is 0.450. The Labute approximate surface area is 108 Å². The Morgan fingerprint density at radius 2 is 2.06 bits per heavy atom. The van der Waals surface area contributed by atoms with Crippen LogP contribution in [-0.4, -0.2) is 11.0 Å². The summed E-state index contributed by atoms with van der Waals surface area (Å²) in [5.41, 5.74) is 4.46. The molecule has 0 fully saturated rings. The quantitative estimate of drug-likeness (QED) is 0.895. The van der Waals surface area contributed by atoms with Gasteiger partial charge in [-0.3, -0.25) is 0 Å². The van der Waals surface area contributed by atoms with Gasteiger partial charge in [-0.25, -0.2) is 4.98 Å². The Morgan fingerprint density at radius 3 is 2.72 bits per heavy atom. The number of nitrogens with zero attached hydrogens (tertiary/aromatic N) is 1. The third-order valence-electron chi connectivity index (χ3n) is 2.86. The minimum atomic E-state index is 0.450. The molecule has 1 aromatic carbocycles. The molecule has 0 spiro atoms. The zero-order valence-electron chi connectivity index (χ0n) is 11.4. The summed E-state index contributed by atoms with van der Waals surface area (Å²) in [6, 6.07) is 6.74. The van der Waals surface area contributed by atoms with Crippen molar-refractivity contribution in [2.45, 2.75) is 40.3 Å². The lowest BCUT2D eigenvalue weighted by molar-refractivity contribution is 0.560. The van der Waals surface area contributed by atoms with E-state index in [-0.39, 0.29) is 0 Å². The van der Waals surface area contributed by atoms with E-state index in [4.69, 9.17) is 4.42 Å². The van der Waals surface area contributed by atoms with Gasteiger partial charge in [0.2, 0.25) is 5.89 Å². The van der Waals surface area contributed by atoms with Crippen molar-refractivity contribution in [3.8, 4) is 11.5 Å². The Balaban J connectivity index is 2.18. The highest BCUT2D eigenvalue weighted by Gasteiger charge is 2.09. The van der Waals surface area contributed by atoms with Crippen LogP contribution in [0, 0.1) is 13.8 Å². The fourth-order valence-electron chi connectivity index (χ4n) is 1.87. The van der Waals surface area contributed by atoms with E-state index >= 15 is 0 Å². The third kappa shape index (κ3) is 2.99. The van der Waals surface area contributed by atoms with Crippen molar-refractivity contribution in [3.63, 3.8) is 0 Å². The molecule has 0 radical (unpaired) electrons. The smallest absolute Gasteiger partial charge is 0.226 e. The summed E-state index contributed by atoms with van der Waals surface area (Å²) < 4.78 is 5.55. The van der Waals surface area contributed by atoms with Crippen LogP contribution in [-0.2, 0) is 6.54 Å². The maximum absolute atomic E-state index is 5.55. The number of hydrogen-bond donors (Lipinski definition) is 1. The number of hydrogen-bond acceptors (Lipinski definition) is 3. The third-order valence-corrected chi connectivity index (χ3v) is 2.86. The molecule has 0 atom stereocenters. The van der Waals surface area contributed by atoms with Gasteiger partial charge >= 0.3 is 0 Å². The van der Waals surface area contributed by atoms with Crippen LogP contribution in [0.3, 0.4) is 0 Å². The van der Waals surface area contributed by atoms with Gasteiger partial charge in [-0.05, 0) is 25.5 Å². The Bertz CT molecular complexity index is 529. The van der Waals surface area contributed by atoms with Crippen molar-refractivity contribution in [3.05, 3.63) is 41.3 Å². The van der Waals surface area contributed by atoms with Gasteiger partial charge in [0.25, 0.3) is 0 Å². The second-order valence-corrected chi connectivity index (χ2v) is 5.00. The van der Waals surface area contributed by atoms with Crippen LogP contribution >= 0.6 is 0 Å². The van der Waals surface area contributed by atoms with Crippen molar-refractivity contribution in [1.82, 2.24) is 10.3 Å². The summed E-state index contributed by atoms with van der Waals surface area (Å²) in [7, 11) is 0. The number of aromatic nitrogens is 1. The standard InChI is InChI=1S/C15H20N2O/c1-10(2)16-8-13-9-18-15(17-13)14-6-5-11(3)7-12(14)4/h5-7,9-10,16H,8H2,1-4H3. The monoisotopic (exact) mass is 244 g/mol. The van der Waals surface area contributed by atoms with E-state index in [2.05, 4.69) is 56.2 Å². The lowest BCUT2D eigenvalue weighted by atomic mass is 10.1. The molecular formula is C15H20N2O. The van der Waals surface area contributed by atoms with Crippen LogP contribution in [0.1, 0.15) is 30.7 Å². The number of aryl methyl sites for hydroxylation is 2. The average Bonchev–Trinajstić information content (AvgIpc) is 2.75. The molecule has 96 valence electrons. The molecule has 0 bridgehead atoms. The first-order chi connectivity index (χ1) is 8.56. The maximum atomic E-state index is 5.55. The van der Waals surface area contributed by atoms with Crippen molar-refractivity contribution in [1.29, 1.82) is 0 Å². The van der Waals surface area contributed by atoms with Crippen molar-refractivity contribution in [2.75, 3.05) is 0 Å². The van der Waals surface area contributed by atoms with Crippen molar-refractivity contribution in [2.24, 2.45) is 0 Å². The molecule has 0 saturated heterocycles. The second kappa shape index (κ2) is 5.36. The Morgan fingerprint density at radius 1 is 1.28 bits per heavy atom. The molecule has 0 amide bonds. The predicted molar refractivity (Wildman–Crippen MR) is 73.4 cm³/mol. The molecule has 2 rings (SSSR count). The molecule has 0 aliphatic rings. The van der Waals surface area contributed by atoms with Gasteiger partial charge in [0.1, 0.15) is 6.26 Å². The van der Waals surface area contributed by atoms with Gasteiger partial charge in [0.15, 0.2) is 0 Å². The van der Waals surface area contributed by atoms with Crippen molar-refractivity contribution >= 4 is 0 Å². The van der Waals surface area contributed by atoms with E-state index < -0.39 is 0 Å². The van der Waals surface area contributed by atoms with E-state index in [0.717, 1.165) is 17.8 Å². The van der Waals surface area contributed by atoms with Crippen LogP contribution in [0.4, 0.5) is 0 Å². The molecule has 1 aromatic heterocycles. The molecule has 2 aromatic rings. The van der Waals surface area contributed by atoms with Crippen LogP contribution in [0.2, 0.25) is 0 Å². The van der Waals surface area contributed by atoms with Gasteiger partial charge in [-0.1, -0.05) is 31.5 Å². The average molecular weight is 244 g/mol. The zero-order chi connectivity index (χ0) is 13.1. The molecule has 1 heterocycles. The van der Waals surface area contributed by atoms with Gasteiger partial charge in [0, 0.05) is 18.2 Å². The number of oxazole rings is 1. The van der Waals surface area contributed by atoms with E-state index in [1.54, 1.807) is 6.26 Å². The van der Waals surface area contributed by atoms with Gasteiger partial charge in [-0.15, -0.1) is 0 Å². The Hall–Kier alpha value is -1.61. The van der Waals surface area contributed by atoms with E-state index in [9.17, 15) is 0 Å². The normalized spacial score (nSPS) is 11.2. The van der Waals surface area contributed by atoms with Crippen LogP contribution < -0.4 is 5.32 Å². The van der Waals surface area contributed by atoms with Gasteiger partial charge < -0.3 is 9.73 Å². The van der Waals surface area contributed by atoms with Crippen LogP contribution in [0.15, 0.2) is 28.9 Å². The summed E-state index contributed by atoms with van der Waals surface area (Å²) in [5, 5.41) is 3.33. The van der Waals surface area contributed by atoms with E-state index in [1.807, 2.05) is 0 Å². The number of rotatable bonds is 4. The molecule has 1 N–H and O–H groups in total. The lowest BCUT2D eigenvalue weighted by Crippen LogP contribution is -2.21. The van der Waals surface area contributed by atoms with E-state index in [0.29, 0.717) is 11.9 Å². The zero-order valence-corrected chi connectivity index (χ0v) is 11.4. The van der Waals surface area contributed by atoms with Crippen LogP contribution in [0.5, 0.6) is 0 Å². The SMILES string of the molecule is Cc1ccc(-c2nc(CNC(C)C)co2)c(C)c1. The summed E-state index contributed by atoms with van der Waals surface area (Å²) in [4.78, 5) is 4.51. The highest BCUT2D eigenvalue weighted by molar-refractivity contribution is 5.59. The summed E-state index contributed by atoms with van der Waals surface area (Å²) in [6.45, 7) is 9.14. The first kappa shape index (κ1) is 12.8. The molecule has 3 nitrogen and oxygen atoms in total. The first-order valence-corrected chi connectivity index (χ1v) is 6.31. The molecule has 0 aliphatic carbocycles. The number of nitrogens with one attached hydrogen (secondary N) is 1. The molecule has 0 saturated carbocycles.